The molecule has 21 heavy (non-hydrogen) atoms. The molecule has 2 aromatic rings. The zero-order valence-electron chi connectivity index (χ0n) is 12.7. The predicted molar refractivity (Wildman–Crippen MR) is 83.6 cm³/mol. The van der Waals surface area contributed by atoms with Crippen LogP contribution in [0, 0.1) is 6.92 Å². The fourth-order valence-corrected chi connectivity index (χ4v) is 3.33. The molecule has 1 aromatic heterocycles. The molecule has 3 rings (SSSR count). The lowest BCUT2D eigenvalue weighted by molar-refractivity contribution is 0.111. The van der Waals surface area contributed by atoms with E-state index >= 15 is 0 Å². The van der Waals surface area contributed by atoms with Gasteiger partial charge in [-0.1, -0.05) is 6.92 Å². The molecule has 4 heteroatoms. The third-order valence-corrected chi connectivity index (χ3v) is 4.45. The van der Waals surface area contributed by atoms with Gasteiger partial charge in [-0.25, -0.2) is 4.79 Å². The van der Waals surface area contributed by atoms with E-state index in [2.05, 4.69) is 24.9 Å². The minimum Gasteiger partial charge on any atom is -0.422 e. The van der Waals surface area contributed by atoms with Crippen molar-refractivity contribution in [1.29, 1.82) is 0 Å². The van der Waals surface area contributed by atoms with E-state index in [1.54, 1.807) is 0 Å². The Balaban J connectivity index is 2.48. The van der Waals surface area contributed by atoms with Gasteiger partial charge >= 0.3 is 5.63 Å². The lowest BCUT2D eigenvalue weighted by atomic mass is 9.92. The first-order valence-electron chi connectivity index (χ1n) is 7.37. The SMILES string of the molecule is CCc1cc2c(C)c(C=O)c(=O)oc2c2c1N(C)CCC2. The lowest BCUT2D eigenvalue weighted by Gasteiger charge is -2.30. The molecule has 0 saturated heterocycles. The van der Waals surface area contributed by atoms with Crippen LogP contribution < -0.4 is 10.5 Å². The Kier molecular flexibility index (Phi) is 3.32. The van der Waals surface area contributed by atoms with E-state index in [0.717, 1.165) is 42.3 Å². The molecular formula is C17H19NO3. The van der Waals surface area contributed by atoms with E-state index in [-0.39, 0.29) is 5.56 Å². The van der Waals surface area contributed by atoms with Crippen molar-refractivity contribution in [2.45, 2.75) is 33.1 Å². The van der Waals surface area contributed by atoms with Crippen LogP contribution in [0.25, 0.3) is 11.0 Å². The molecule has 4 nitrogen and oxygen atoms in total. The Labute approximate surface area is 123 Å². The highest BCUT2D eigenvalue weighted by molar-refractivity contribution is 5.94. The van der Waals surface area contributed by atoms with Gasteiger partial charge in [-0.2, -0.15) is 0 Å². The minimum absolute atomic E-state index is 0.133. The molecule has 110 valence electrons. The molecule has 0 atom stereocenters. The quantitative estimate of drug-likeness (QED) is 0.629. The maximum atomic E-state index is 12.0. The molecule has 1 aromatic carbocycles. The van der Waals surface area contributed by atoms with E-state index in [9.17, 15) is 9.59 Å². The molecule has 0 saturated carbocycles. The normalized spacial score (nSPS) is 14.3. The number of aldehydes is 1. The van der Waals surface area contributed by atoms with Gasteiger partial charge in [-0.3, -0.25) is 4.79 Å². The van der Waals surface area contributed by atoms with Crippen LogP contribution in [0.2, 0.25) is 0 Å². The first kappa shape index (κ1) is 13.9. The van der Waals surface area contributed by atoms with E-state index in [1.165, 1.54) is 11.3 Å². The Morgan fingerprint density at radius 3 is 2.86 bits per heavy atom. The first-order valence-corrected chi connectivity index (χ1v) is 7.37. The average molecular weight is 285 g/mol. The van der Waals surface area contributed by atoms with Crippen LogP contribution >= 0.6 is 0 Å². The van der Waals surface area contributed by atoms with Gasteiger partial charge in [0.15, 0.2) is 6.29 Å². The largest absolute Gasteiger partial charge is 0.422 e. The van der Waals surface area contributed by atoms with Crippen molar-refractivity contribution < 1.29 is 9.21 Å². The summed E-state index contributed by atoms with van der Waals surface area (Å²) < 4.78 is 5.50. The maximum absolute atomic E-state index is 12.0. The average Bonchev–Trinajstić information content (AvgIpc) is 2.47. The fraction of sp³-hybridized carbons (Fsp3) is 0.412. The molecule has 2 heterocycles. The maximum Gasteiger partial charge on any atom is 0.347 e. The van der Waals surface area contributed by atoms with E-state index in [0.29, 0.717) is 11.9 Å². The molecule has 0 aliphatic carbocycles. The zero-order valence-corrected chi connectivity index (χ0v) is 12.7. The second-order valence-electron chi connectivity index (χ2n) is 5.66. The molecule has 0 fully saturated rings. The van der Waals surface area contributed by atoms with Crippen LogP contribution in [0.1, 0.15) is 40.4 Å². The number of nitrogens with zero attached hydrogens (tertiary/aromatic N) is 1. The minimum atomic E-state index is -0.533. The van der Waals surface area contributed by atoms with Gasteiger partial charge in [0, 0.05) is 30.2 Å². The number of hydrogen-bond donors (Lipinski definition) is 0. The summed E-state index contributed by atoms with van der Waals surface area (Å²) in [6, 6.07) is 2.07. The lowest BCUT2D eigenvalue weighted by Crippen LogP contribution is -2.26. The highest BCUT2D eigenvalue weighted by atomic mass is 16.4. The summed E-state index contributed by atoms with van der Waals surface area (Å²) in [7, 11) is 2.08. The van der Waals surface area contributed by atoms with Crippen molar-refractivity contribution in [2.75, 3.05) is 18.5 Å². The van der Waals surface area contributed by atoms with Crippen molar-refractivity contribution in [1.82, 2.24) is 0 Å². The number of rotatable bonds is 2. The molecule has 0 spiro atoms. The fourth-order valence-electron chi connectivity index (χ4n) is 3.33. The summed E-state index contributed by atoms with van der Waals surface area (Å²) >= 11 is 0. The third kappa shape index (κ3) is 1.97. The topological polar surface area (TPSA) is 50.5 Å². The highest BCUT2D eigenvalue weighted by Crippen LogP contribution is 2.37. The Bertz CT molecular complexity index is 789. The number of carbonyl (C=O) groups excluding carboxylic acids is 1. The number of benzene rings is 1. The number of carbonyl (C=O) groups is 1. The van der Waals surface area contributed by atoms with Gasteiger partial charge in [0.1, 0.15) is 11.1 Å². The number of hydrogen-bond acceptors (Lipinski definition) is 4. The summed E-state index contributed by atoms with van der Waals surface area (Å²) in [5.41, 5.74) is 4.52. The second-order valence-corrected chi connectivity index (χ2v) is 5.66. The van der Waals surface area contributed by atoms with Crippen molar-refractivity contribution in [3.05, 3.63) is 38.7 Å². The van der Waals surface area contributed by atoms with E-state index in [4.69, 9.17) is 4.42 Å². The predicted octanol–water partition coefficient (Wildman–Crippen LogP) is 2.86. The van der Waals surface area contributed by atoms with E-state index in [1.807, 2.05) is 6.92 Å². The summed E-state index contributed by atoms with van der Waals surface area (Å²) in [6.45, 7) is 4.96. The molecule has 0 bridgehead atoms. The van der Waals surface area contributed by atoms with Gasteiger partial charge < -0.3 is 9.32 Å². The number of aryl methyl sites for hydroxylation is 3. The van der Waals surface area contributed by atoms with Crippen molar-refractivity contribution in [3.8, 4) is 0 Å². The second kappa shape index (κ2) is 5.02. The molecule has 0 N–H and O–H groups in total. The third-order valence-electron chi connectivity index (χ3n) is 4.45. The molecule has 0 unspecified atom stereocenters. The van der Waals surface area contributed by atoms with Gasteiger partial charge in [-0.15, -0.1) is 0 Å². The highest BCUT2D eigenvalue weighted by Gasteiger charge is 2.23. The monoisotopic (exact) mass is 285 g/mol. The molecule has 0 amide bonds. The van der Waals surface area contributed by atoms with Crippen LogP contribution in [-0.2, 0) is 12.8 Å². The summed E-state index contributed by atoms with van der Waals surface area (Å²) in [6.07, 6.45) is 3.46. The van der Waals surface area contributed by atoms with E-state index < -0.39 is 5.63 Å². The number of anilines is 1. The molecule has 1 aliphatic heterocycles. The van der Waals surface area contributed by atoms with Gasteiger partial charge in [0.25, 0.3) is 0 Å². The standard InChI is InChI=1S/C17H19NO3/c1-4-11-8-13-10(2)14(9-19)17(20)21-16(13)12-6-5-7-18(3)15(11)12/h8-9H,4-7H2,1-3H3. The number of fused-ring (bicyclic) bond motifs is 3. The van der Waals surface area contributed by atoms with Gasteiger partial charge in [0.2, 0.25) is 0 Å². The van der Waals surface area contributed by atoms with Crippen LogP contribution in [0.4, 0.5) is 5.69 Å². The summed E-state index contributed by atoms with van der Waals surface area (Å²) in [5, 5.41) is 0.891. The van der Waals surface area contributed by atoms with Gasteiger partial charge in [0.05, 0.1) is 0 Å². The first-order chi connectivity index (χ1) is 10.1. The van der Waals surface area contributed by atoms with Crippen LogP contribution in [0.5, 0.6) is 0 Å². The smallest absolute Gasteiger partial charge is 0.347 e. The zero-order chi connectivity index (χ0) is 15.1. The van der Waals surface area contributed by atoms with Crippen LogP contribution in [-0.4, -0.2) is 19.9 Å². The Hall–Kier alpha value is -2.10. The van der Waals surface area contributed by atoms with Crippen molar-refractivity contribution in [3.63, 3.8) is 0 Å². The van der Waals surface area contributed by atoms with Gasteiger partial charge in [-0.05, 0) is 43.4 Å². The van der Waals surface area contributed by atoms with Crippen LogP contribution in [0.3, 0.4) is 0 Å². The molecule has 1 aliphatic rings. The van der Waals surface area contributed by atoms with Crippen molar-refractivity contribution >= 4 is 22.9 Å². The summed E-state index contributed by atoms with van der Waals surface area (Å²) in [5.74, 6) is 0. The molecule has 0 radical (unpaired) electrons. The summed E-state index contributed by atoms with van der Waals surface area (Å²) in [4.78, 5) is 25.4. The van der Waals surface area contributed by atoms with Crippen LogP contribution in [0.15, 0.2) is 15.3 Å². The van der Waals surface area contributed by atoms with Crippen molar-refractivity contribution in [2.24, 2.45) is 0 Å². The Morgan fingerprint density at radius 2 is 2.19 bits per heavy atom. The Morgan fingerprint density at radius 1 is 1.43 bits per heavy atom. The molecular weight excluding hydrogens is 266 g/mol.